The lowest BCUT2D eigenvalue weighted by atomic mass is 10.0. The molecule has 5 heteroatoms. The summed E-state index contributed by atoms with van der Waals surface area (Å²) in [7, 11) is 3.26. The summed E-state index contributed by atoms with van der Waals surface area (Å²) < 4.78 is 10.7. The van der Waals surface area contributed by atoms with Gasteiger partial charge in [-0.15, -0.1) is 0 Å². The van der Waals surface area contributed by atoms with Crippen LogP contribution in [0.3, 0.4) is 0 Å². The standard InChI is InChI=1S/C15H13BrCl2O2/c1-19-10-4-6-14(20-2)12(8-10)15(16)11-5-3-9(17)7-13(11)18/h3-8,15H,1-2H3. The smallest absolute Gasteiger partial charge is 0.123 e. The fourth-order valence-electron chi connectivity index (χ4n) is 1.91. The van der Waals surface area contributed by atoms with Crippen molar-refractivity contribution < 1.29 is 9.47 Å². The summed E-state index contributed by atoms with van der Waals surface area (Å²) in [4.78, 5) is -0.114. The monoisotopic (exact) mass is 374 g/mol. The summed E-state index contributed by atoms with van der Waals surface area (Å²) in [6.07, 6.45) is 0. The molecule has 0 aromatic heterocycles. The van der Waals surface area contributed by atoms with Gasteiger partial charge in [-0.3, -0.25) is 0 Å². The van der Waals surface area contributed by atoms with Gasteiger partial charge in [0.25, 0.3) is 0 Å². The van der Waals surface area contributed by atoms with E-state index in [4.69, 9.17) is 32.7 Å². The van der Waals surface area contributed by atoms with E-state index in [1.165, 1.54) is 0 Å². The number of ether oxygens (including phenoxy) is 2. The summed E-state index contributed by atoms with van der Waals surface area (Å²) in [5.41, 5.74) is 1.86. The van der Waals surface area contributed by atoms with Crippen LogP contribution in [0.5, 0.6) is 11.5 Å². The molecule has 0 bridgehead atoms. The zero-order valence-corrected chi connectivity index (χ0v) is 14.1. The second-order valence-electron chi connectivity index (χ2n) is 4.14. The summed E-state index contributed by atoms with van der Waals surface area (Å²) in [6.45, 7) is 0. The molecule has 0 N–H and O–H groups in total. The molecule has 0 aliphatic rings. The average Bonchev–Trinajstić information content (AvgIpc) is 2.46. The lowest BCUT2D eigenvalue weighted by Gasteiger charge is -2.17. The van der Waals surface area contributed by atoms with Gasteiger partial charge in [-0.2, -0.15) is 0 Å². The van der Waals surface area contributed by atoms with E-state index in [-0.39, 0.29) is 4.83 Å². The molecule has 0 fully saturated rings. The SMILES string of the molecule is COc1ccc(OC)c(C(Br)c2ccc(Cl)cc2Cl)c1. The first kappa shape index (κ1) is 15.5. The molecule has 2 aromatic carbocycles. The van der Waals surface area contributed by atoms with Crippen molar-refractivity contribution in [3.63, 3.8) is 0 Å². The molecule has 0 aliphatic heterocycles. The highest BCUT2D eigenvalue weighted by Crippen LogP contribution is 2.41. The van der Waals surface area contributed by atoms with Crippen LogP contribution in [0.1, 0.15) is 16.0 Å². The van der Waals surface area contributed by atoms with Crippen molar-refractivity contribution >= 4 is 39.1 Å². The second-order valence-corrected chi connectivity index (χ2v) is 5.90. The molecule has 1 unspecified atom stereocenters. The van der Waals surface area contributed by atoms with Gasteiger partial charge in [0, 0.05) is 15.6 Å². The number of rotatable bonds is 4. The molecule has 0 aliphatic carbocycles. The van der Waals surface area contributed by atoms with Crippen molar-refractivity contribution in [3.05, 3.63) is 57.6 Å². The van der Waals surface area contributed by atoms with Gasteiger partial charge in [-0.1, -0.05) is 45.2 Å². The number of methoxy groups -OCH3 is 2. The Labute approximate surface area is 136 Å². The summed E-state index contributed by atoms with van der Waals surface area (Å²) in [6, 6.07) is 11.1. The zero-order valence-electron chi connectivity index (χ0n) is 11.0. The molecule has 0 saturated heterocycles. The molecule has 0 amide bonds. The number of alkyl halides is 1. The van der Waals surface area contributed by atoms with E-state index in [9.17, 15) is 0 Å². The Morgan fingerprint density at radius 1 is 0.950 bits per heavy atom. The third-order valence-corrected chi connectivity index (χ3v) is 4.49. The third-order valence-electron chi connectivity index (χ3n) is 2.95. The maximum atomic E-state index is 6.26. The molecular weight excluding hydrogens is 363 g/mol. The molecule has 2 aromatic rings. The van der Waals surface area contributed by atoms with Crippen LogP contribution in [0.25, 0.3) is 0 Å². The van der Waals surface area contributed by atoms with Gasteiger partial charge < -0.3 is 9.47 Å². The Hall–Kier alpha value is -0.900. The summed E-state index contributed by atoms with van der Waals surface area (Å²) in [5, 5.41) is 1.21. The van der Waals surface area contributed by atoms with E-state index in [2.05, 4.69) is 15.9 Å². The predicted octanol–water partition coefficient (Wildman–Crippen LogP) is 5.49. The molecular formula is C15H13BrCl2O2. The van der Waals surface area contributed by atoms with Crippen LogP contribution in [0.4, 0.5) is 0 Å². The maximum Gasteiger partial charge on any atom is 0.123 e. The van der Waals surface area contributed by atoms with Crippen LogP contribution in [-0.2, 0) is 0 Å². The molecule has 2 rings (SSSR count). The zero-order chi connectivity index (χ0) is 14.7. The number of halogens is 3. The third kappa shape index (κ3) is 3.22. The van der Waals surface area contributed by atoms with Gasteiger partial charge >= 0.3 is 0 Å². The van der Waals surface area contributed by atoms with Crippen LogP contribution in [0, 0.1) is 0 Å². The van der Waals surface area contributed by atoms with Gasteiger partial charge in [0.1, 0.15) is 11.5 Å². The Morgan fingerprint density at radius 3 is 2.30 bits per heavy atom. The largest absolute Gasteiger partial charge is 0.497 e. The first-order valence-electron chi connectivity index (χ1n) is 5.87. The quantitative estimate of drug-likeness (QED) is 0.657. The second kappa shape index (κ2) is 6.70. The Kier molecular flexibility index (Phi) is 5.19. The minimum atomic E-state index is -0.114. The number of benzene rings is 2. The first-order valence-corrected chi connectivity index (χ1v) is 7.55. The van der Waals surface area contributed by atoms with Crippen molar-refractivity contribution in [1.82, 2.24) is 0 Å². The highest BCUT2D eigenvalue weighted by atomic mass is 79.9. The van der Waals surface area contributed by atoms with E-state index in [1.54, 1.807) is 20.3 Å². The molecule has 20 heavy (non-hydrogen) atoms. The van der Waals surface area contributed by atoms with Crippen LogP contribution >= 0.6 is 39.1 Å². The van der Waals surface area contributed by atoms with Gasteiger partial charge in [0.15, 0.2) is 0 Å². The fourth-order valence-corrected chi connectivity index (χ4v) is 3.32. The summed E-state index contributed by atoms with van der Waals surface area (Å²) in [5.74, 6) is 1.52. The van der Waals surface area contributed by atoms with Crippen LogP contribution in [0.2, 0.25) is 10.0 Å². The Morgan fingerprint density at radius 2 is 1.70 bits per heavy atom. The van der Waals surface area contributed by atoms with Crippen molar-refractivity contribution in [2.75, 3.05) is 14.2 Å². The van der Waals surface area contributed by atoms with Gasteiger partial charge in [0.05, 0.1) is 19.0 Å². The van der Waals surface area contributed by atoms with Crippen LogP contribution in [0.15, 0.2) is 36.4 Å². The minimum absolute atomic E-state index is 0.114. The van der Waals surface area contributed by atoms with Crippen LogP contribution in [-0.4, -0.2) is 14.2 Å². The predicted molar refractivity (Wildman–Crippen MR) is 86.8 cm³/mol. The van der Waals surface area contributed by atoms with Crippen molar-refractivity contribution in [1.29, 1.82) is 0 Å². The van der Waals surface area contributed by atoms with E-state index in [0.717, 1.165) is 22.6 Å². The van der Waals surface area contributed by atoms with Gasteiger partial charge in [0.2, 0.25) is 0 Å². The van der Waals surface area contributed by atoms with E-state index >= 15 is 0 Å². The number of hydrogen-bond acceptors (Lipinski definition) is 2. The lowest BCUT2D eigenvalue weighted by Crippen LogP contribution is -1.99. The molecule has 0 spiro atoms. The van der Waals surface area contributed by atoms with E-state index in [0.29, 0.717) is 10.0 Å². The van der Waals surface area contributed by atoms with Crippen molar-refractivity contribution in [2.24, 2.45) is 0 Å². The highest BCUT2D eigenvalue weighted by Gasteiger charge is 2.19. The highest BCUT2D eigenvalue weighted by molar-refractivity contribution is 9.09. The molecule has 0 radical (unpaired) electrons. The Balaban J connectivity index is 2.48. The molecule has 0 heterocycles. The molecule has 106 valence electrons. The molecule has 0 saturated carbocycles. The maximum absolute atomic E-state index is 6.26. The fraction of sp³-hybridized carbons (Fsp3) is 0.200. The van der Waals surface area contributed by atoms with Gasteiger partial charge in [-0.05, 0) is 35.9 Å². The topological polar surface area (TPSA) is 18.5 Å². The lowest BCUT2D eigenvalue weighted by molar-refractivity contribution is 0.399. The number of hydrogen-bond donors (Lipinski definition) is 0. The first-order chi connectivity index (χ1) is 9.56. The Bertz CT molecular complexity index is 617. The normalized spacial score (nSPS) is 12.1. The van der Waals surface area contributed by atoms with E-state index < -0.39 is 0 Å². The summed E-state index contributed by atoms with van der Waals surface area (Å²) >= 11 is 15.8. The van der Waals surface area contributed by atoms with Crippen LogP contribution < -0.4 is 9.47 Å². The average molecular weight is 376 g/mol. The minimum Gasteiger partial charge on any atom is -0.497 e. The van der Waals surface area contributed by atoms with Crippen molar-refractivity contribution in [2.45, 2.75) is 4.83 Å². The molecule has 2 nitrogen and oxygen atoms in total. The van der Waals surface area contributed by atoms with E-state index in [1.807, 2.05) is 30.3 Å². The molecule has 1 atom stereocenters. The van der Waals surface area contributed by atoms with Crippen molar-refractivity contribution in [3.8, 4) is 11.5 Å². The van der Waals surface area contributed by atoms with Gasteiger partial charge in [-0.25, -0.2) is 0 Å².